The summed E-state index contributed by atoms with van der Waals surface area (Å²) < 4.78 is 1.87. The zero-order chi connectivity index (χ0) is 17.6. The molecule has 0 radical (unpaired) electrons. The predicted molar refractivity (Wildman–Crippen MR) is 95.0 cm³/mol. The highest BCUT2D eigenvalue weighted by Crippen LogP contribution is 2.32. The van der Waals surface area contributed by atoms with Crippen LogP contribution in [0.1, 0.15) is 30.7 Å². The molecule has 1 aliphatic heterocycles. The number of nitrogens with zero attached hydrogens (tertiary/aromatic N) is 5. The first-order valence-corrected chi connectivity index (χ1v) is 8.90. The van der Waals surface area contributed by atoms with Gasteiger partial charge in [-0.15, -0.1) is 0 Å². The van der Waals surface area contributed by atoms with Gasteiger partial charge in [0.05, 0.1) is 11.4 Å². The fraction of sp³-hybridized carbons (Fsp3) is 0.556. The van der Waals surface area contributed by atoms with Crippen LogP contribution < -0.4 is 5.32 Å². The monoisotopic (exact) mass is 340 g/mol. The van der Waals surface area contributed by atoms with Gasteiger partial charge >= 0.3 is 0 Å². The summed E-state index contributed by atoms with van der Waals surface area (Å²) in [5.74, 6) is 1.24. The summed E-state index contributed by atoms with van der Waals surface area (Å²) in [5, 5.41) is 7.77. The molecule has 1 saturated carbocycles. The number of likely N-dealkylation sites (tertiary alicyclic amines) is 1. The van der Waals surface area contributed by atoms with Gasteiger partial charge in [-0.2, -0.15) is 5.10 Å². The first-order valence-electron chi connectivity index (χ1n) is 8.90. The van der Waals surface area contributed by atoms with E-state index in [0.29, 0.717) is 30.2 Å². The lowest BCUT2D eigenvalue weighted by Crippen LogP contribution is -2.28. The standard InChI is InChI=1S/C18H24N6O/c1-11-17(12(2)23(3)22-11)15-6-7-19-18(21-15)20-9-13-8-16(25)24(10-13)14-4-5-14/h6-7,13-14H,4-5,8-10H2,1-3H3,(H,19,20,21). The minimum Gasteiger partial charge on any atom is -0.354 e. The third-order valence-electron chi connectivity index (χ3n) is 5.20. The van der Waals surface area contributed by atoms with E-state index in [9.17, 15) is 4.79 Å². The van der Waals surface area contributed by atoms with Crippen molar-refractivity contribution in [3.63, 3.8) is 0 Å². The minimum absolute atomic E-state index is 0.297. The Bertz CT molecular complexity index is 810. The molecule has 3 heterocycles. The van der Waals surface area contributed by atoms with Crippen LogP contribution in [0.2, 0.25) is 0 Å². The molecule has 0 spiro atoms. The summed E-state index contributed by atoms with van der Waals surface area (Å²) in [6, 6.07) is 2.42. The van der Waals surface area contributed by atoms with Crippen molar-refractivity contribution in [1.29, 1.82) is 0 Å². The van der Waals surface area contributed by atoms with Crippen molar-refractivity contribution in [3.05, 3.63) is 23.7 Å². The molecule has 2 aromatic rings. The fourth-order valence-corrected chi connectivity index (χ4v) is 3.65. The van der Waals surface area contributed by atoms with Gasteiger partial charge in [-0.3, -0.25) is 9.48 Å². The number of anilines is 1. The Kier molecular flexibility index (Phi) is 3.94. The van der Waals surface area contributed by atoms with E-state index < -0.39 is 0 Å². The van der Waals surface area contributed by atoms with Crippen molar-refractivity contribution in [2.24, 2.45) is 13.0 Å². The Morgan fingerprint density at radius 3 is 2.80 bits per heavy atom. The van der Waals surface area contributed by atoms with E-state index in [0.717, 1.165) is 35.7 Å². The maximum atomic E-state index is 12.1. The lowest BCUT2D eigenvalue weighted by molar-refractivity contribution is -0.128. The molecule has 2 fully saturated rings. The van der Waals surface area contributed by atoms with E-state index >= 15 is 0 Å². The van der Waals surface area contributed by atoms with Crippen molar-refractivity contribution in [1.82, 2.24) is 24.6 Å². The summed E-state index contributed by atoms with van der Waals surface area (Å²) in [6.07, 6.45) is 4.73. The Hall–Kier alpha value is -2.44. The number of amides is 1. The Balaban J connectivity index is 1.44. The van der Waals surface area contributed by atoms with Crippen molar-refractivity contribution < 1.29 is 4.79 Å². The van der Waals surface area contributed by atoms with Crippen LogP contribution in [-0.2, 0) is 11.8 Å². The van der Waals surface area contributed by atoms with E-state index in [2.05, 4.69) is 20.4 Å². The van der Waals surface area contributed by atoms with Gasteiger partial charge in [0.1, 0.15) is 0 Å². The average Bonchev–Trinajstić information content (AvgIpc) is 3.31. The van der Waals surface area contributed by atoms with Gasteiger partial charge in [-0.25, -0.2) is 9.97 Å². The Morgan fingerprint density at radius 2 is 2.12 bits per heavy atom. The van der Waals surface area contributed by atoms with Crippen molar-refractivity contribution >= 4 is 11.9 Å². The molecule has 25 heavy (non-hydrogen) atoms. The maximum absolute atomic E-state index is 12.1. The molecule has 1 N–H and O–H groups in total. The van der Waals surface area contributed by atoms with E-state index in [1.807, 2.05) is 36.5 Å². The van der Waals surface area contributed by atoms with Crippen LogP contribution in [0.15, 0.2) is 12.3 Å². The number of carbonyl (C=O) groups excluding carboxylic acids is 1. The van der Waals surface area contributed by atoms with Crippen LogP contribution in [0.4, 0.5) is 5.95 Å². The lowest BCUT2D eigenvalue weighted by atomic mass is 10.1. The SMILES string of the molecule is Cc1nn(C)c(C)c1-c1ccnc(NCC2CC(=O)N(C3CC3)C2)n1. The topological polar surface area (TPSA) is 75.9 Å². The van der Waals surface area contributed by atoms with E-state index in [1.54, 1.807) is 6.20 Å². The molecular weight excluding hydrogens is 316 g/mol. The molecule has 1 amide bonds. The van der Waals surface area contributed by atoms with Gasteiger partial charge in [0.25, 0.3) is 0 Å². The van der Waals surface area contributed by atoms with Gasteiger partial charge < -0.3 is 10.2 Å². The fourth-order valence-electron chi connectivity index (χ4n) is 3.65. The summed E-state index contributed by atoms with van der Waals surface area (Å²) >= 11 is 0. The number of hydrogen-bond donors (Lipinski definition) is 1. The van der Waals surface area contributed by atoms with Gasteiger partial charge in [0.2, 0.25) is 11.9 Å². The maximum Gasteiger partial charge on any atom is 0.223 e. The molecular formula is C18H24N6O. The lowest BCUT2D eigenvalue weighted by Gasteiger charge is -2.15. The van der Waals surface area contributed by atoms with Crippen LogP contribution in [0.25, 0.3) is 11.3 Å². The van der Waals surface area contributed by atoms with Crippen molar-refractivity contribution in [3.8, 4) is 11.3 Å². The highest BCUT2D eigenvalue weighted by atomic mass is 16.2. The van der Waals surface area contributed by atoms with Crippen LogP contribution in [0.3, 0.4) is 0 Å². The van der Waals surface area contributed by atoms with Gasteiger partial charge in [-0.1, -0.05) is 0 Å². The normalized spacial score (nSPS) is 20.4. The van der Waals surface area contributed by atoms with Crippen LogP contribution in [-0.4, -0.2) is 49.7 Å². The number of rotatable bonds is 5. The van der Waals surface area contributed by atoms with Gasteiger partial charge in [0.15, 0.2) is 0 Å². The number of aryl methyl sites for hydroxylation is 2. The molecule has 7 heteroatoms. The largest absolute Gasteiger partial charge is 0.354 e. The summed E-state index contributed by atoms with van der Waals surface area (Å²) in [4.78, 5) is 23.1. The summed E-state index contributed by atoms with van der Waals surface area (Å²) in [7, 11) is 1.94. The molecule has 1 saturated heterocycles. The third kappa shape index (κ3) is 3.10. The Labute approximate surface area is 147 Å². The molecule has 1 atom stereocenters. The zero-order valence-corrected chi connectivity index (χ0v) is 15.0. The number of hydrogen-bond acceptors (Lipinski definition) is 5. The smallest absolute Gasteiger partial charge is 0.223 e. The Morgan fingerprint density at radius 1 is 1.32 bits per heavy atom. The molecule has 1 aliphatic carbocycles. The molecule has 4 rings (SSSR count). The molecule has 0 aromatic carbocycles. The second-order valence-electron chi connectivity index (χ2n) is 7.16. The molecule has 132 valence electrons. The first-order chi connectivity index (χ1) is 12.0. The molecule has 2 aromatic heterocycles. The molecule has 0 bridgehead atoms. The van der Waals surface area contributed by atoms with E-state index in [1.165, 1.54) is 12.8 Å². The van der Waals surface area contributed by atoms with Gasteiger partial charge in [-0.05, 0) is 32.8 Å². The highest BCUT2D eigenvalue weighted by Gasteiger charge is 2.39. The summed E-state index contributed by atoms with van der Waals surface area (Å²) in [6.45, 7) is 5.62. The molecule has 2 aliphatic rings. The number of aromatic nitrogens is 4. The van der Waals surface area contributed by atoms with Crippen LogP contribution in [0, 0.1) is 19.8 Å². The first kappa shape index (κ1) is 16.1. The quantitative estimate of drug-likeness (QED) is 0.900. The van der Waals surface area contributed by atoms with Crippen molar-refractivity contribution in [2.75, 3.05) is 18.4 Å². The minimum atomic E-state index is 0.297. The number of carbonyl (C=O) groups is 1. The van der Waals surface area contributed by atoms with Gasteiger partial charge in [0, 0.05) is 56.0 Å². The third-order valence-corrected chi connectivity index (χ3v) is 5.20. The van der Waals surface area contributed by atoms with Crippen molar-refractivity contribution in [2.45, 2.75) is 39.2 Å². The van der Waals surface area contributed by atoms with Crippen LogP contribution >= 0.6 is 0 Å². The van der Waals surface area contributed by atoms with Crippen LogP contribution in [0.5, 0.6) is 0 Å². The number of nitrogens with one attached hydrogen (secondary N) is 1. The predicted octanol–water partition coefficient (Wildman–Crippen LogP) is 1.92. The second-order valence-corrected chi connectivity index (χ2v) is 7.16. The molecule has 7 nitrogen and oxygen atoms in total. The highest BCUT2D eigenvalue weighted by molar-refractivity contribution is 5.79. The van der Waals surface area contributed by atoms with E-state index in [4.69, 9.17) is 0 Å². The zero-order valence-electron chi connectivity index (χ0n) is 15.0. The second kappa shape index (κ2) is 6.13. The average molecular weight is 340 g/mol. The van der Waals surface area contributed by atoms with E-state index in [-0.39, 0.29) is 0 Å². The summed E-state index contributed by atoms with van der Waals surface area (Å²) in [5.41, 5.74) is 3.99. The molecule has 1 unspecified atom stereocenters.